The molecule has 1 aromatic heterocycles. The zero-order valence-electron chi connectivity index (χ0n) is 22.8. The van der Waals surface area contributed by atoms with Gasteiger partial charge >= 0.3 is 0 Å². The molecular weight excluding hydrogens is 532 g/mol. The Labute approximate surface area is 239 Å². The molecule has 0 aliphatic carbocycles. The number of carbonyl (C=O) groups is 1. The van der Waals surface area contributed by atoms with Crippen LogP contribution in [-0.4, -0.2) is 92.6 Å². The van der Waals surface area contributed by atoms with Crippen molar-refractivity contribution in [2.45, 2.75) is 19.6 Å². The maximum absolute atomic E-state index is 13.6. The van der Waals surface area contributed by atoms with E-state index in [9.17, 15) is 9.59 Å². The molecule has 0 radical (unpaired) electrons. The molecule has 1 N–H and O–H groups in total. The van der Waals surface area contributed by atoms with Gasteiger partial charge in [-0.2, -0.15) is 0 Å². The molecule has 0 spiro atoms. The number of amides is 1. The van der Waals surface area contributed by atoms with E-state index in [4.69, 9.17) is 25.8 Å². The van der Waals surface area contributed by atoms with Crippen LogP contribution in [0.2, 0.25) is 5.02 Å². The molecule has 2 aliphatic heterocycles. The summed E-state index contributed by atoms with van der Waals surface area (Å²) in [6.45, 7) is 10.0. The fourth-order valence-corrected chi connectivity index (χ4v) is 5.20. The Morgan fingerprint density at radius 1 is 0.875 bits per heavy atom. The molecule has 0 atom stereocenters. The monoisotopic (exact) mass is 568 g/mol. The van der Waals surface area contributed by atoms with Crippen LogP contribution in [0.25, 0.3) is 10.9 Å². The van der Waals surface area contributed by atoms with E-state index in [1.165, 1.54) is 0 Å². The van der Waals surface area contributed by atoms with Crippen molar-refractivity contribution in [1.82, 2.24) is 19.7 Å². The van der Waals surface area contributed by atoms with Crippen molar-refractivity contribution in [1.29, 1.82) is 0 Å². The molecule has 2 fully saturated rings. The van der Waals surface area contributed by atoms with E-state index in [-0.39, 0.29) is 11.0 Å². The average Bonchev–Trinajstić information content (AvgIpc) is 2.99. The minimum absolute atomic E-state index is 0.123. The van der Waals surface area contributed by atoms with Crippen LogP contribution in [0, 0.1) is 0 Å². The van der Waals surface area contributed by atoms with Crippen molar-refractivity contribution in [3.05, 3.63) is 80.6 Å². The zero-order valence-corrected chi connectivity index (χ0v) is 23.5. The average molecular weight is 569 g/mol. The predicted octanol–water partition coefficient (Wildman–Crippen LogP) is 2.77. The Hall–Kier alpha value is -2.79. The second-order valence-corrected chi connectivity index (χ2v) is 10.6. The molecule has 2 saturated heterocycles. The Balaban J connectivity index is 1.33. The lowest BCUT2D eigenvalue weighted by Crippen LogP contribution is -2.38. The number of morpholine rings is 2. The highest BCUT2D eigenvalue weighted by Crippen LogP contribution is 2.17. The predicted molar refractivity (Wildman–Crippen MR) is 155 cm³/mol. The molecule has 0 saturated carbocycles. The summed E-state index contributed by atoms with van der Waals surface area (Å²) in [6.07, 6.45) is 1.66. The van der Waals surface area contributed by atoms with Crippen LogP contribution >= 0.6 is 11.6 Å². The maximum Gasteiger partial charge on any atom is 0.257 e. The minimum Gasteiger partial charge on any atom is -0.379 e. The lowest BCUT2D eigenvalue weighted by Gasteiger charge is -2.26. The van der Waals surface area contributed by atoms with Gasteiger partial charge in [0.25, 0.3) is 5.91 Å². The van der Waals surface area contributed by atoms with Crippen LogP contribution in [0.5, 0.6) is 0 Å². The first-order chi connectivity index (χ1) is 19.6. The molecule has 5 rings (SSSR count). The number of carbonyl (C=O) groups excluding carboxylic acids is 1. The SMILES string of the molecule is O=C(NCc1ccc(Cl)cc1)c1cn(CCOCCN2CCOCC2)c2ccc(CN3CCOCC3)cc2c1=O. The summed E-state index contributed by atoms with van der Waals surface area (Å²) in [5.74, 6) is -0.401. The quantitative estimate of drug-likeness (QED) is 0.356. The molecule has 214 valence electrons. The summed E-state index contributed by atoms with van der Waals surface area (Å²) in [7, 11) is 0. The van der Waals surface area contributed by atoms with Gasteiger partial charge in [0.2, 0.25) is 5.43 Å². The normalized spacial score (nSPS) is 16.8. The van der Waals surface area contributed by atoms with Gasteiger partial charge in [-0.3, -0.25) is 19.4 Å². The summed E-state index contributed by atoms with van der Waals surface area (Å²) in [5.41, 5.74) is 2.59. The van der Waals surface area contributed by atoms with E-state index in [0.29, 0.717) is 49.9 Å². The van der Waals surface area contributed by atoms with Crippen molar-refractivity contribution in [3.8, 4) is 0 Å². The second kappa shape index (κ2) is 14.2. The van der Waals surface area contributed by atoms with Crippen molar-refractivity contribution >= 4 is 28.4 Å². The third-order valence-corrected chi connectivity index (χ3v) is 7.65. The Morgan fingerprint density at radius 3 is 2.25 bits per heavy atom. The van der Waals surface area contributed by atoms with Gasteiger partial charge in [0.05, 0.1) is 45.2 Å². The van der Waals surface area contributed by atoms with Crippen LogP contribution in [0.1, 0.15) is 21.5 Å². The van der Waals surface area contributed by atoms with Gasteiger partial charge in [0.1, 0.15) is 5.56 Å². The number of nitrogens with one attached hydrogen (secondary N) is 1. The number of benzene rings is 2. The van der Waals surface area contributed by atoms with Crippen molar-refractivity contribution < 1.29 is 19.0 Å². The van der Waals surface area contributed by atoms with E-state index >= 15 is 0 Å². The molecule has 1 amide bonds. The standard InChI is InChI=1S/C30H37ClN4O5/c31-25-4-1-23(2-5-25)20-32-30(37)27-22-35(12-18-40-15-9-33-7-13-38-14-8-33)28-6-3-24(19-26(28)29(27)36)21-34-10-16-39-17-11-34/h1-6,19,22H,7-18,20-21H2,(H,32,37). The van der Waals surface area contributed by atoms with Gasteiger partial charge in [-0.05, 0) is 35.4 Å². The van der Waals surface area contributed by atoms with Gasteiger partial charge < -0.3 is 24.1 Å². The molecule has 0 bridgehead atoms. The number of halogens is 1. The van der Waals surface area contributed by atoms with Crippen molar-refractivity contribution in [3.63, 3.8) is 0 Å². The summed E-state index contributed by atoms with van der Waals surface area (Å²) >= 11 is 5.98. The highest BCUT2D eigenvalue weighted by atomic mass is 35.5. The van der Waals surface area contributed by atoms with E-state index in [1.807, 2.05) is 28.8 Å². The highest BCUT2D eigenvalue weighted by Gasteiger charge is 2.18. The second-order valence-electron chi connectivity index (χ2n) is 10.2. The fraction of sp³-hybridized carbons (Fsp3) is 0.467. The van der Waals surface area contributed by atoms with Gasteiger partial charge in [-0.15, -0.1) is 0 Å². The zero-order chi connectivity index (χ0) is 27.7. The van der Waals surface area contributed by atoms with Gasteiger partial charge in [0.15, 0.2) is 0 Å². The number of hydrogen-bond acceptors (Lipinski definition) is 7. The molecule has 0 unspecified atom stereocenters. The molecule has 9 nitrogen and oxygen atoms in total. The molecule has 3 aromatic rings. The number of aromatic nitrogens is 1. The Kier molecular flexibility index (Phi) is 10.2. The third kappa shape index (κ3) is 7.69. The number of hydrogen-bond donors (Lipinski definition) is 1. The molecule has 2 aromatic carbocycles. The smallest absolute Gasteiger partial charge is 0.257 e. The van der Waals surface area contributed by atoms with Crippen LogP contribution in [0.3, 0.4) is 0 Å². The number of nitrogens with zero attached hydrogens (tertiary/aromatic N) is 3. The minimum atomic E-state index is -0.401. The molecule has 2 aliphatic rings. The summed E-state index contributed by atoms with van der Waals surface area (Å²) < 4.78 is 18.8. The first-order valence-electron chi connectivity index (χ1n) is 13.9. The fourth-order valence-electron chi connectivity index (χ4n) is 5.07. The largest absolute Gasteiger partial charge is 0.379 e. The Bertz CT molecular complexity index is 1330. The lowest BCUT2D eigenvalue weighted by molar-refractivity contribution is 0.0196. The first kappa shape index (κ1) is 28.7. The summed E-state index contributed by atoms with van der Waals surface area (Å²) in [6, 6.07) is 13.2. The highest BCUT2D eigenvalue weighted by molar-refractivity contribution is 6.30. The number of fused-ring (bicyclic) bond motifs is 1. The van der Waals surface area contributed by atoms with Crippen LogP contribution in [0.15, 0.2) is 53.5 Å². The van der Waals surface area contributed by atoms with Gasteiger partial charge in [-0.1, -0.05) is 29.8 Å². The van der Waals surface area contributed by atoms with E-state index < -0.39 is 5.91 Å². The van der Waals surface area contributed by atoms with E-state index in [2.05, 4.69) is 21.2 Å². The van der Waals surface area contributed by atoms with Crippen LogP contribution in [0.4, 0.5) is 0 Å². The Morgan fingerprint density at radius 2 is 1.52 bits per heavy atom. The topological polar surface area (TPSA) is 85.3 Å². The molecule has 3 heterocycles. The van der Waals surface area contributed by atoms with Crippen molar-refractivity contribution in [2.75, 3.05) is 72.4 Å². The van der Waals surface area contributed by atoms with E-state index in [0.717, 1.165) is 69.1 Å². The molecule has 10 heteroatoms. The third-order valence-electron chi connectivity index (χ3n) is 7.40. The number of rotatable bonds is 11. The molecular formula is C30H37ClN4O5. The van der Waals surface area contributed by atoms with Crippen LogP contribution in [-0.2, 0) is 33.8 Å². The summed E-state index contributed by atoms with van der Waals surface area (Å²) in [5, 5.41) is 4.07. The summed E-state index contributed by atoms with van der Waals surface area (Å²) in [4.78, 5) is 31.5. The first-order valence-corrected chi connectivity index (χ1v) is 14.3. The van der Waals surface area contributed by atoms with Gasteiger partial charge in [0, 0.05) is 69.0 Å². The molecule has 40 heavy (non-hydrogen) atoms. The van der Waals surface area contributed by atoms with Crippen LogP contribution < -0.4 is 10.7 Å². The number of pyridine rings is 1. The van der Waals surface area contributed by atoms with Crippen molar-refractivity contribution in [2.24, 2.45) is 0 Å². The lowest BCUT2D eigenvalue weighted by atomic mass is 10.1. The van der Waals surface area contributed by atoms with Gasteiger partial charge in [-0.25, -0.2) is 0 Å². The maximum atomic E-state index is 13.6. The number of ether oxygens (including phenoxy) is 3. The van der Waals surface area contributed by atoms with E-state index in [1.54, 1.807) is 18.3 Å².